The van der Waals surface area contributed by atoms with Gasteiger partial charge in [0.15, 0.2) is 0 Å². The summed E-state index contributed by atoms with van der Waals surface area (Å²) in [4.78, 5) is 0. The number of carbonyl (C=O) groups excluding carboxylic acids is 1. The van der Waals surface area contributed by atoms with Gasteiger partial charge in [-0.2, -0.15) is 0 Å². The van der Waals surface area contributed by atoms with Crippen molar-refractivity contribution in [3.63, 3.8) is 0 Å². The van der Waals surface area contributed by atoms with E-state index in [4.69, 9.17) is 4.74 Å². The van der Waals surface area contributed by atoms with Gasteiger partial charge in [-0.3, -0.25) is 0 Å². The molecule has 0 saturated carbocycles. The highest BCUT2D eigenvalue weighted by molar-refractivity contribution is 8.13. The average molecular weight is 272 g/mol. The number of benzene rings is 1. The third-order valence-corrected chi connectivity index (χ3v) is 2.96. The molecule has 0 radical (unpaired) electrons. The molecule has 96 valence electrons. The molecule has 18 heavy (non-hydrogen) atoms. The molecular weight excluding hydrogens is 261 g/mol. The molecule has 1 aliphatic heterocycles. The van der Waals surface area contributed by atoms with Gasteiger partial charge in [0.25, 0.3) is 0 Å². The average Bonchev–Trinajstić information content (AvgIpc) is 2.37. The number of methoxy groups -OCH3 is 1. The van der Waals surface area contributed by atoms with Crippen molar-refractivity contribution in [2.75, 3.05) is 13.4 Å². The fraction of sp³-hybridized carbons (Fsp3) is 0.182. The van der Waals surface area contributed by atoms with Crippen LogP contribution < -0.4 is 4.74 Å². The highest BCUT2D eigenvalue weighted by atomic mass is 32.2. The number of halogens is 2. The normalized spacial score (nSPS) is 17.6. The fourth-order valence-corrected chi connectivity index (χ4v) is 1.93. The first kappa shape index (κ1) is 12.9. The van der Waals surface area contributed by atoms with E-state index in [9.17, 15) is 8.63 Å². The smallest absolute Gasteiger partial charge is 0.569 e. The van der Waals surface area contributed by atoms with Gasteiger partial charge in [0.2, 0.25) is 0 Å². The number of ether oxygens (including phenoxy) is 1. The zero-order valence-electron chi connectivity index (χ0n) is 9.85. The summed E-state index contributed by atoms with van der Waals surface area (Å²) in [5.41, 5.74) is 0.548. The van der Waals surface area contributed by atoms with Crippen LogP contribution >= 0.6 is 11.8 Å². The molecule has 1 aliphatic rings. The van der Waals surface area contributed by atoms with Crippen molar-refractivity contribution in [1.29, 1.82) is 0 Å². The summed E-state index contributed by atoms with van der Waals surface area (Å²) < 4.78 is 40.4. The van der Waals surface area contributed by atoms with Crippen LogP contribution in [0.2, 0.25) is 0 Å². The van der Waals surface area contributed by atoms with E-state index in [0.717, 1.165) is 11.8 Å². The lowest BCUT2D eigenvalue weighted by molar-refractivity contribution is -0.357. The predicted molar refractivity (Wildman–Crippen MR) is 68.5 cm³/mol. The summed E-state index contributed by atoms with van der Waals surface area (Å²) in [6.45, 7) is 0. The van der Waals surface area contributed by atoms with E-state index in [1.165, 1.54) is 13.2 Å². The Bertz CT molecular complexity index is 500. The first-order chi connectivity index (χ1) is 8.54. The monoisotopic (exact) mass is 272 g/mol. The van der Waals surface area contributed by atoms with Gasteiger partial charge in [0, 0.05) is 5.56 Å². The van der Waals surface area contributed by atoms with Crippen LogP contribution in [-0.2, 0) is 9.00 Å². The first-order valence-corrected chi connectivity index (χ1v) is 6.41. The molecule has 0 atom stereocenters. The van der Waals surface area contributed by atoms with Crippen LogP contribution in [-0.4, -0.2) is 25.6 Å². The summed E-state index contributed by atoms with van der Waals surface area (Å²) in [6.07, 6.45) is 3.11. The number of thioether (sulfide) groups is 1. The minimum absolute atomic E-state index is 0.0956. The summed E-state index contributed by atoms with van der Waals surface area (Å²) in [7, 11) is -2.76. The minimum Gasteiger partial charge on any atom is -0.569 e. The first-order valence-electron chi connectivity index (χ1n) is 5.19. The molecule has 0 aromatic heterocycles. The van der Waals surface area contributed by atoms with E-state index in [0.29, 0.717) is 11.3 Å². The highest BCUT2D eigenvalue weighted by Gasteiger charge is 2.53. The maximum absolute atomic E-state index is 13.2. The Labute approximate surface area is 108 Å². The molecule has 0 unspecified atom stereocenters. The summed E-state index contributed by atoms with van der Waals surface area (Å²) in [5.74, 6) is 0.746. The Morgan fingerprint density at radius 2 is 1.94 bits per heavy atom. The van der Waals surface area contributed by atoms with Crippen LogP contribution in [0.5, 0.6) is 5.75 Å². The van der Waals surface area contributed by atoms with Gasteiger partial charge in [0.1, 0.15) is 5.75 Å². The van der Waals surface area contributed by atoms with Crippen LogP contribution in [0.25, 0.3) is 5.76 Å². The minimum atomic E-state index is -4.29. The molecule has 1 aromatic carbocycles. The molecule has 0 bridgehead atoms. The van der Waals surface area contributed by atoms with Crippen LogP contribution in [0.3, 0.4) is 0 Å². The van der Waals surface area contributed by atoms with Crippen molar-refractivity contribution in [2.24, 2.45) is 0 Å². The third kappa shape index (κ3) is 2.84. The Morgan fingerprint density at radius 3 is 2.50 bits per heavy atom. The maximum atomic E-state index is 13.2. The van der Waals surface area contributed by atoms with Gasteiger partial charge in [-0.05, 0) is 42.3 Å². The van der Waals surface area contributed by atoms with E-state index in [-0.39, 0.29) is 10.9 Å². The fourth-order valence-electron chi connectivity index (χ4n) is 1.50. The summed E-state index contributed by atoms with van der Waals surface area (Å²) in [5, 5.41) is 0.136. The van der Waals surface area contributed by atoms with E-state index in [2.05, 4.69) is 9.00 Å². The van der Waals surface area contributed by atoms with Crippen molar-refractivity contribution >= 4 is 29.7 Å². The van der Waals surface area contributed by atoms with E-state index in [1.807, 2.05) is 0 Å². The summed E-state index contributed by atoms with van der Waals surface area (Å²) in [6, 6.07) is 6.66. The molecule has 1 heterocycles. The summed E-state index contributed by atoms with van der Waals surface area (Å²) >= 11 is 1.10. The van der Waals surface area contributed by atoms with Crippen LogP contribution in [0.4, 0.5) is 8.63 Å². The third-order valence-electron chi connectivity index (χ3n) is 2.34. The molecule has 0 N–H and O–H groups in total. The molecule has 0 aliphatic carbocycles. The molecule has 7 heteroatoms. The lowest BCUT2D eigenvalue weighted by atomic mass is 10.1. The molecule has 0 saturated heterocycles. The van der Waals surface area contributed by atoms with Crippen molar-refractivity contribution in [2.45, 2.75) is 0 Å². The molecule has 3 nitrogen and oxygen atoms in total. The van der Waals surface area contributed by atoms with Crippen LogP contribution in [0.1, 0.15) is 5.56 Å². The van der Waals surface area contributed by atoms with E-state index >= 15 is 0 Å². The predicted octanol–water partition coefficient (Wildman–Crippen LogP) is 2.87. The zero-order valence-corrected chi connectivity index (χ0v) is 10.7. The van der Waals surface area contributed by atoms with Gasteiger partial charge in [-0.1, -0.05) is 0 Å². The van der Waals surface area contributed by atoms with Gasteiger partial charge >= 0.3 is 12.2 Å². The Balaban J connectivity index is 2.32. The SMILES string of the molecule is COc1ccc(C2=CC(SC)=[O+][B-](F)(F)O2)cc1. The Kier molecular flexibility index (Phi) is 3.61. The lowest BCUT2D eigenvalue weighted by Crippen LogP contribution is -2.33. The standard InChI is InChI=1S/C11H11BF2O3S/c1-15-9-5-3-8(4-6-9)10-7-11(18-2)17-12(13,14)16-10/h3-7H,1-2H3. The molecule has 0 fully saturated rings. The van der Waals surface area contributed by atoms with Crippen LogP contribution in [0.15, 0.2) is 30.3 Å². The second-order valence-electron chi connectivity index (χ2n) is 3.53. The largest absolute Gasteiger partial charge is 0.995 e. The number of hydrogen-bond acceptors (Lipinski definition) is 3. The van der Waals surface area contributed by atoms with E-state index in [1.54, 1.807) is 30.5 Å². The van der Waals surface area contributed by atoms with Gasteiger partial charge in [-0.25, -0.2) is 0 Å². The van der Waals surface area contributed by atoms with Gasteiger partial charge in [0.05, 0.1) is 18.9 Å². The molecular formula is C11H11BF2O3S. The molecule has 1 aromatic rings. The second kappa shape index (κ2) is 5.01. The lowest BCUT2D eigenvalue weighted by Gasteiger charge is -2.19. The number of hydrogen-bond donors (Lipinski definition) is 0. The van der Waals surface area contributed by atoms with Gasteiger partial charge in [-0.15, -0.1) is 0 Å². The van der Waals surface area contributed by atoms with E-state index < -0.39 is 7.11 Å². The zero-order chi connectivity index (χ0) is 13.2. The second-order valence-corrected chi connectivity index (χ2v) is 4.34. The van der Waals surface area contributed by atoms with Crippen molar-refractivity contribution in [1.82, 2.24) is 0 Å². The topological polar surface area (TPSA) is 29.8 Å². The number of rotatable bonds is 2. The van der Waals surface area contributed by atoms with Crippen molar-refractivity contribution in [3.05, 3.63) is 35.9 Å². The quantitative estimate of drug-likeness (QED) is 0.612. The van der Waals surface area contributed by atoms with Crippen LogP contribution in [0, 0.1) is 0 Å². The highest BCUT2D eigenvalue weighted by Crippen LogP contribution is 2.28. The van der Waals surface area contributed by atoms with Gasteiger partial charge < -0.3 is 22.4 Å². The Morgan fingerprint density at radius 1 is 1.28 bits per heavy atom. The molecule has 0 amide bonds. The maximum Gasteiger partial charge on any atom is 0.995 e. The Hall–Kier alpha value is -1.50. The van der Waals surface area contributed by atoms with Crippen molar-refractivity contribution in [3.8, 4) is 5.75 Å². The molecule has 0 spiro atoms. The molecule has 2 rings (SSSR count). The van der Waals surface area contributed by atoms with Crippen molar-refractivity contribution < 1.29 is 22.4 Å².